The van der Waals surface area contributed by atoms with Gasteiger partial charge in [0.1, 0.15) is 0 Å². The zero-order valence-electron chi connectivity index (χ0n) is 15.7. The number of carbonyl (C=O) groups is 3. The molecule has 0 saturated carbocycles. The molecular formula is C20H22N2O5. The van der Waals surface area contributed by atoms with E-state index in [2.05, 4.69) is 10.3 Å². The van der Waals surface area contributed by atoms with Gasteiger partial charge in [-0.25, -0.2) is 9.78 Å². The van der Waals surface area contributed by atoms with Gasteiger partial charge in [-0.15, -0.1) is 0 Å². The van der Waals surface area contributed by atoms with Crippen molar-refractivity contribution < 1.29 is 23.9 Å². The Kier molecular flexibility index (Phi) is 6.65. The molecule has 1 amide bonds. The van der Waals surface area contributed by atoms with Crippen molar-refractivity contribution in [3.63, 3.8) is 0 Å². The largest absolute Gasteiger partial charge is 0.481 e. The number of ether oxygens (including phenoxy) is 2. The lowest BCUT2D eigenvalue weighted by Gasteiger charge is -2.13. The molecule has 0 aliphatic rings. The molecule has 7 nitrogen and oxygen atoms in total. The van der Waals surface area contributed by atoms with Gasteiger partial charge in [0.25, 0.3) is 0 Å². The van der Waals surface area contributed by atoms with Crippen molar-refractivity contribution in [3.8, 4) is 5.88 Å². The van der Waals surface area contributed by atoms with Crippen molar-refractivity contribution >= 4 is 23.3 Å². The van der Waals surface area contributed by atoms with Crippen LogP contribution in [0.5, 0.6) is 5.88 Å². The molecule has 0 radical (unpaired) electrons. The van der Waals surface area contributed by atoms with Gasteiger partial charge < -0.3 is 14.8 Å². The number of hydrogen-bond donors (Lipinski definition) is 1. The smallest absolute Gasteiger partial charge is 0.340 e. The van der Waals surface area contributed by atoms with E-state index in [4.69, 9.17) is 9.47 Å². The van der Waals surface area contributed by atoms with Crippen LogP contribution >= 0.6 is 0 Å². The molecule has 2 rings (SSSR count). The highest BCUT2D eigenvalue weighted by atomic mass is 16.5. The summed E-state index contributed by atoms with van der Waals surface area (Å²) in [5.41, 5.74) is 1.20. The molecule has 1 atom stereocenters. The van der Waals surface area contributed by atoms with Crippen LogP contribution < -0.4 is 10.1 Å². The summed E-state index contributed by atoms with van der Waals surface area (Å²) in [4.78, 5) is 40.2. The molecule has 0 bridgehead atoms. The third-order valence-electron chi connectivity index (χ3n) is 3.80. The molecule has 1 heterocycles. The number of aromatic nitrogens is 1. The van der Waals surface area contributed by atoms with Gasteiger partial charge in [0.05, 0.1) is 12.7 Å². The normalized spacial score (nSPS) is 11.6. The number of benzene rings is 1. The molecule has 1 N–H and O–H groups in total. The lowest BCUT2D eigenvalue weighted by molar-refractivity contribution is -0.118. The monoisotopic (exact) mass is 370 g/mol. The Bertz CT molecular complexity index is 813. The van der Waals surface area contributed by atoms with Gasteiger partial charge >= 0.3 is 5.97 Å². The van der Waals surface area contributed by atoms with Crippen molar-refractivity contribution in [1.82, 2.24) is 4.98 Å². The van der Waals surface area contributed by atoms with E-state index < -0.39 is 12.1 Å². The summed E-state index contributed by atoms with van der Waals surface area (Å²) in [6, 6.07) is 9.48. The molecule has 2 aromatic rings. The maximum absolute atomic E-state index is 12.5. The quantitative estimate of drug-likeness (QED) is 0.594. The van der Waals surface area contributed by atoms with E-state index in [1.165, 1.54) is 32.4 Å². The zero-order valence-corrected chi connectivity index (χ0v) is 15.7. The van der Waals surface area contributed by atoms with E-state index in [0.717, 1.165) is 0 Å². The minimum atomic E-state index is -0.962. The lowest BCUT2D eigenvalue weighted by Crippen LogP contribution is -2.24. The third-order valence-corrected chi connectivity index (χ3v) is 3.80. The van der Waals surface area contributed by atoms with Gasteiger partial charge in [0.15, 0.2) is 6.10 Å². The first-order valence-electron chi connectivity index (χ1n) is 8.48. The maximum Gasteiger partial charge on any atom is 0.340 e. The fourth-order valence-corrected chi connectivity index (χ4v) is 2.14. The fraction of sp³-hybridized carbons (Fsp3) is 0.300. The number of Topliss-reactive ketones (excluding diaryl/α,β-unsaturated/α-hetero) is 1. The molecule has 1 aromatic carbocycles. The summed E-state index contributed by atoms with van der Waals surface area (Å²) < 4.78 is 10.1. The van der Waals surface area contributed by atoms with Crippen LogP contribution in [0.3, 0.4) is 0 Å². The van der Waals surface area contributed by atoms with Crippen molar-refractivity contribution in [1.29, 1.82) is 0 Å². The third kappa shape index (κ3) is 5.37. The number of methoxy groups -OCH3 is 1. The van der Waals surface area contributed by atoms with Gasteiger partial charge in [0.2, 0.25) is 17.6 Å². The van der Waals surface area contributed by atoms with Crippen molar-refractivity contribution in [2.75, 3.05) is 12.4 Å². The molecule has 1 aromatic heterocycles. The maximum atomic E-state index is 12.5. The van der Waals surface area contributed by atoms with Crippen LogP contribution in [0, 0.1) is 5.92 Å². The summed E-state index contributed by atoms with van der Waals surface area (Å²) in [6.07, 6.45) is 0.362. The Morgan fingerprint density at radius 3 is 2.11 bits per heavy atom. The van der Waals surface area contributed by atoms with E-state index >= 15 is 0 Å². The van der Waals surface area contributed by atoms with Crippen molar-refractivity contribution in [2.45, 2.75) is 26.9 Å². The number of hydrogen-bond acceptors (Lipinski definition) is 6. The van der Waals surface area contributed by atoms with Gasteiger partial charge in [0, 0.05) is 29.4 Å². The topological polar surface area (TPSA) is 94.6 Å². The number of pyridine rings is 1. The van der Waals surface area contributed by atoms with Crippen LogP contribution in [0.1, 0.15) is 41.5 Å². The Morgan fingerprint density at radius 2 is 1.59 bits per heavy atom. The molecule has 0 aliphatic carbocycles. The average molecular weight is 370 g/mol. The standard InChI is InChI=1S/C20H22N2O5/c1-12(2)19(24)22-16-8-5-14(6-9-16)18(23)13(3)27-20(25)15-7-10-17(26-4)21-11-15/h5-13H,1-4H3,(H,22,24). The van der Waals surface area contributed by atoms with Crippen LogP contribution in [0.4, 0.5) is 5.69 Å². The number of rotatable bonds is 7. The molecule has 7 heteroatoms. The van der Waals surface area contributed by atoms with Gasteiger partial charge in [-0.1, -0.05) is 13.8 Å². The minimum absolute atomic E-state index is 0.107. The number of anilines is 1. The molecule has 0 spiro atoms. The Hall–Kier alpha value is -3.22. The van der Waals surface area contributed by atoms with Crippen LogP contribution in [-0.2, 0) is 9.53 Å². The predicted molar refractivity (Wildman–Crippen MR) is 99.9 cm³/mol. The van der Waals surface area contributed by atoms with Crippen molar-refractivity contribution in [2.24, 2.45) is 5.92 Å². The summed E-state index contributed by atoms with van der Waals surface area (Å²) in [5, 5.41) is 2.75. The minimum Gasteiger partial charge on any atom is -0.481 e. The number of nitrogens with zero attached hydrogens (tertiary/aromatic N) is 1. The Morgan fingerprint density at radius 1 is 0.963 bits per heavy atom. The first-order chi connectivity index (χ1) is 12.8. The highest BCUT2D eigenvalue weighted by Gasteiger charge is 2.21. The summed E-state index contributed by atoms with van der Waals surface area (Å²) in [5.74, 6) is -0.860. The van der Waals surface area contributed by atoms with Crippen LogP contribution in [0.2, 0.25) is 0 Å². The Balaban J connectivity index is 1.99. The van der Waals surface area contributed by atoms with E-state index in [1.54, 1.807) is 38.1 Å². The second-order valence-electron chi connectivity index (χ2n) is 6.22. The number of ketones is 1. The fourth-order valence-electron chi connectivity index (χ4n) is 2.14. The zero-order chi connectivity index (χ0) is 20.0. The molecule has 27 heavy (non-hydrogen) atoms. The first-order valence-corrected chi connectivity index (χ1v) is 8.48. The van der Waals surface area contributed by atoms with Crippen LogP contribution in [0.25, 0.3) is 0 Å². The molecule has 1 unspecified atom stereocenters. The van der Waals surface area contributed by atoms with Crippen molar-refractivity contribution in [3.05, 3.63) is 53.7 Å². The van der Waals surface area contributed by atoms with E-state index in [1.807, 2.05) is 0 Å². The lowest BCUT2D eigenvalue weighted by atomic mass is 10.1. The molecule has 0 fully saturated rings. The number of nitrogens with one attached hydrogen (secondary N) is 1. The van der Waals surface area contributed by atoms with Gasteiger partial charge in [-0.05, 0) is 37.3 Å². The highest BCUT2D eigenvalue weighted by Crippen LogP contribution is 2.15. The number of amides is 1. The molecule has 142 valence electrons. The molecular weight excluding hydrogens is 348 g/mol. The summed E-state index contributed by atoms with van der Waals surface area (Å²) >= 11 is 0. The van der Waals surface area contributed by atoms with Gasteiger partial charge in [-0.2, -0.15) is 0 Å². The molecule has 0 aliphatic heterocycles. The second-order valence-corrected chi connectivity index (χ2v) is 6.22. The number of esters is 1. The second kappa shape index (κ2) is 8.93. The van der Waals surface area contributed by atoms with E-state index in [-0.39, 0.29) is 23.2 Å². The van der Waals surface area contributed by atoms with Gasteiger partial charge in [-0.3, -0.25) is 9.59 Å². The SMILES string of the molecule is COc1ccc(C(=O)OC(C)C(=O)c2ccc(NC(=O)C(C)C)cc2)cn1. The first kappa shape index (κ1) is 20.1. The highest BCUT2D eigenvalue weighted by molar-refractivity contribution is 6.02. The van der Waals surface area contributed by atoms with Crippen LogP contribution in [-0.4, -0.2) is 35.9 Å². The average Bonchev–Trinajstić information content (AvgIpc) is 2.67. The number of carbonyl (C=O) groups excluding carboxylic acids is 3. The van der Waals surface area contributed by atoms with E-state index in [9.17, 15) is 14.4 Å². The molecule has 0 saturated heterocycles. The summed E-state index contributed by atoms with van der Waals surface area (Å²) in [6.45, 7) is 5.09. The summed E-state index contributed by atoms with van der Waals surface area (Å²) in [7, 11) is 1.47. The van der Waals surface area contributed by atoms with Crippen LogP contribution in [0.15, 0.2) is 42.6 Å². The Labute approximate surface area is 157 Å². The predicted octanol–water partition coefficient (Wildman–Crippen LogP) is 3.11. The van der Waals surface area contributed by atoms with E-state index in [0.29, 0.717) is 17.1 Å².